The lowest BCUT2D eigenvalue weighted by Gasteiger charge is -2.13. The van der Waals surface area contributed by atoms with Gasteiger partial charge >= 0.3 is 5.97 Å². The molecule has 160 valence electrons. The number of nitrogens with one attached hydrogen (secondary N) is 3. The van der Waals surface area contributed by atoms with Crippen molar-refractivity contribution in [2.75, 3.05) is 11.9 Å². The number of ether oxygens (including phenoxy) is 1. The summed E-state index contributed by atoms with van der Waals surface area (Å²) in [5.41, 5.74) is 1.17. The molecule has 1 aromatic heterocycles. The number of aromatic nitrogens is 2. The van der Waals surface area contributed by atoms with Gasteiger partial charge in [-0.15, -0.1) is 0 Å². The fourth-order valence-electron chi connectivity index (χ4n) is 2.72. The number of amides is 2. The van der Waals surface area contributed by atoms with Crippen LogP contribution in [0.15, 0.2) is 48.5 Å². The minimum atomic E-state index is -1.09. The molecule has 3 aromatic rings. The maximum atomic E-state index is 12.2. The molecule has 11 nitrogen and oxygen atoms in total. The summed E-state index contributed by atoms with van der Waals surface area (Å²) in [5, 5.41) is 23.1. The van der Waals surface area contributed by atoms with Crippen LogP contribution in [0.25, 0.3) is 10.9 Å². The zero-order valence-corrected chi connectivity index (χ0v) is 16.5. The average molecular weight is 425 g/mol. The van der Waals surface area contributed by atoms with Crippen molar-refractivity contribution < 1.29 is 24.0 Å². The van der Waals surface area contributed by atoms with Crippen LogP contribution in [0.5, 0.6) is 0 Å². The van der Waals surface area contributed by atoms with E-state index in [1.54, 1.807) is 18.2 Å². The number of non-ortho nitro benzene ring substituents is 1. The molecule has 0 aliphatic heterocycles. The SMILES string of the molecule is CC(OC(=O)CCNC(=O)c1n[nH]c2ccccc12)C(=O)Nc1ccc([N+](=O)[O-])cc1. The lowest BCUT2D eigenvalue weighted by molar-refractivity contribution is -0.384. The number of carbonyl (C=O) groups is 3. The van der Waals surface area contributed by atoms with Crippen LogP contribution in [0.3, 0.4) is 0 Å². The molecule has 3 N–H and O–H groups in total. The molecule has 0 radical (unpaired) electrons. The van der Waals surface area contributed by atoms with Crippen molar-refractivity contribution in [3.63, 3.8) is 0 Å². The number of nitro groups is 1. The third-order valence-corrected chi connectivity index (χ3v) is 4.32. The van der Waals surface area contributed by atoms with Crippen molar-refractivity contribution >= 4 is 40.1 Å². The van der Waals surface area contributed by atoms with Crippen LogP contribution in [-0.4, -0.2) is 45.6 Å². The second-order valence-electron chi connectivity index (χ2n) is 6.55. The topological polar surface area (TPSA) is 156 Å². The van der Waals surface area contributed by atoms with E-state index < -0.39 is 28.8 Å². The highest BCUT2D eigenvalue weighted by Gasteiger charge is 2.19. The number of para-hydroxylation sites is 1. The van der Waals surface area contributed by atoms with E-state index in [-0.39, 0.29) is 24.3 Å². The molecule has 0 aliphatic rings. The standard InChI is InChI=1S/C20H19N5O6/c1-12(19(27)22-13-6-8-14(9-7-13)25(29)30)31-17(26)10-11-21-20(28)18-15-4-2-3-5-16(15)23-24-18/h2-9,12H,10-11H2,1H3,(H,21,28)(H,22,27)(H,23,24). The maximum Gasteiger partial charge on any atom is 0.308 e. The molecule has 0 saturated heterocycles. The molecule has 0 spiro atoms. The molecule has 0 saturated carbocycles. The minimum Gasteiger partial charge on any atom is -0.452 e. The third kappa shape index (κ3) is 5.41. The Bertz CT molecular complexity index is 1120. The summed E-state index contributed by atoms with van der Waals surface area (Å²) < 4.78 is 5.06. The van der Waals surface area contributed by atoms with Gasteiger partial charge in [0.25, 0.3) is 17.5 Å². The van der Waals surface area contributed by atoms with E-state index in [2.05, 4.69) is 20.8 Å². The number of benzene rings is 2. The van der Waals surface area contributed by atoms with Gasteiger partial charge in [0, 0.05) is 29.8 Å². The van der Waals surface area contributed by atoms with Crippen molar-refractivity contribution in [2.45, 2.75) is 19.4 Å². The molecule has 2 aromatic carbocycles. The molecule has 1 unspecified atom stereocenters. The predicted molar refractivity (Wildman–Crippen MR) is 110 cm³/mol. The fourth-order valence-corrected chi connectivity index (χ4v) is 2.72. The first-order chi connectivity index (χ1) is 14.8. The molecule has 3 rings (SSSR count). The Morgan fingerprint density at radius 1 is 1.16 bits per heavy atom. The molecule has 0 bridgehead atoms. The Hall–Kier alpha value is -4.28. The number of rotatable bonds is 8. The van der Waals surface area contributed by atoms with Gasteiger partial charge in [-0.2, -0.15) is 5.10 Å². The van der Waals surface area contributed by atoms with Gasteiger partial charge in [0.15, 0.2) is 11.8 Å². The molecule has 31 heavy (non-hydrogen) atoms. The van der Waals surface area contributed by atoms with Gasteiger partial charge in [0.1, 0.15) is 0 Å². The van der Waals surface area contributed by atoms with Crippen LogP contribution in [-0.2, 0) is 14.3 Å². The van der Waals surface area contributed by atoms with E-state index in [0.717, 1.165) is 5.52 Å². The van der Waals surface area contributed by atoms with Crippen molar-refractivity contribution in [1.82, 2.24) is 15.5 Å². The number of hydrogen-bond donors (Lipinski definition) is 3. The summed E-state index contributed by atoms with van der Waals surface area (Å²) in [4.78, 5) is 46.4. The highest BCUT2D eigenvalue weighted by atomic mass is 16.6. The van der Waals surface area contributed by atoms with Gasteiger partial charge in [-0.05, 0) is 25.1 Å². The highest BCUT2D eigenvalue weighted by Crippen LogP contribution is 2.16. The van der Waals surface area contributed by atoms with Gasteiger partial charge < -0.3 is 15.4 Å². The number of nitrogens with zero attached hydrogens (tertiary/aromatic N) is 2. The van der Waals surface area contributed by atoms with Crippen molar-refractivity contribution in [3.05, 3.63) is 64.3 Å². The molecule has 2 amide bonds. The summed E-state index contributed by atoms with van der Waals surface area (Å²) >= 11 is 0. The van der Waals surface area contributed by atoms with E-state index in [1.165, 1.54) is 31.2 Å². The first-order valence-electron chi connectivity index (χ1n) is 9.31. The number of fused-ring (bicyclic) bond motifs is 1. The molecule has 1 atom stereocenters. The molecule has 0 fully saturated rings. The van der Waals surface area contributed by atoms with E-state index >= 15 is 0 Å². The largest absolute Gasteiger partial charge is 0.452 e. The Labute approximate surface area is 175 Å². The summed E-state index contributed by atoms with van der Waals surface area (Å²) in [6, 6.07) is 12.4. The monoisotopic (exact) mass is 425 g/mol. The Kier molecular flexibility index (Phi) is 6.55. The average Bonchev–Trinajstić information content (AvgIpc) is 3.18. The Morgan fingerprint density at radius 3 is 2.58 bits per heavy atom. The fraction of sp³-hybridized carbons (Fsp3) is 0.200. The number of aromatic amines is 1. The van der Waals surface area contributed by atoms with Crippen LogP contribution >= 0.6 is 0 Å². The number of nitro benzene ring substituents is 1. The molecule has 11 heteroatoms. The van der Waals surface area contributed by atoms with Crippen LogP contribution in [0, 0.1) is 10.1 Å². The number of esters is 1. The van der Waals surface area contributed by atoms with E-state index in [0.29, 0.717) is 11.1 Å². The first-order valence-corrected chi connectivity index (χ1v) is 9.31. The molecular formula is C20H19N5O6. The van der Waals surface area contributed by atoms with Crippen molar-refractivity contribution in [2.24, 2.45) is 0 Å². The number of anilines is 1. The quantitative estimate of drug-likeness (QED) is 0.283. The number of H-pyrrole nitrogens is 1. The minimum absolute atomic E-state index is 0.00947. The zero-order valence-electron chi connectivity index (χ0n) is 16.5. The Balaban J connectivity index is 1.43. The maximum absolute atomic E-state index is 12.2. The van der Waals surface area contributed by atoms with Crippen molar-refractivity contribution in [3.8, 4) is 0 Å². The lowest BCUT2D eigenvalue weighted by atomic mass is 10.2. The van der Waals surface area contributed by atoms with Gasteiger partial charge in [-0.25, -0.2) is 0 Å². The van der Waals surface area contributed by atoms with Crippen LogP contribution in [0.1, 0.15) is 23.8 Å². The van der Waals surface area contributed by atoms with Crippen molar-refractivity contribution in [1.29, 1.82) is 0 Å². The summed E-state index contributed by atoms with van der Waals surface area (Å²) in [5.74, 6) is -1.69. The summed E-state index contributed by atoms with van der Waals surface area (Å²) in [6.45, 7) is 1.41. The second-order valence-corrected chi connectivity index (χ2v) is 6.55. The number of hydrogen-bond acceptors (Lipinski definition) is 7. The predicted octanol–water partition coefficient (Wildman–Crippen LogP) is 2.16. The smallest absolute Gasteiger partial charge is 0.308 e. The third-order valence-electron chi connectivity index (χ3n) is 4.32. The van der Waals surface area contributed by atoms with Crippen LogP contribution in [0.4, 0.5) is 11.4 Å². The summed E-state index contributed by atoms with van der Waals surface area (Å²) in [7, 11) is 0. The normalized spacial score (nSPS) is 11.5. The zero-order chi connectivity index (χ0) is 22.4. The molecular weight excluding hydrogens is 406 g/mol. The molecule has 1 heterocycles. The van der Waals surface area contributed by atoms with Gasteiger partial charge in [-0.1, -0.05) is 18.2 Å². The number of carbonyl (C=O) groups excluding carboxylic acids is 3. The lowest BCUT2D eigenvalue weighted by Crippen LogP contribution is -2.32. The van der Waals surface area contributed by atoms with Gasteiger partial charge in [-0.3, -0.25) is 29.6 Å². The first kappa shape index (κ1) is 21.4. The van der Waals surface area contributed by atoms with Gasteiger partial charge in [0.05, 0.1) is 16.9 Å². The van der Waals surface area contributed by atoms with Crippen LogP contribution in [0.2, 0.25) is 0 Å². The molecule has 0 aliphatic carbocycles. The highest BCUT2D eigenvalue weighted by molar-refractivity contribution is 6.04. The van der Waals surface area contributed by atoms with Crippen LogP contribution < -0.4 is 10.6 Å². The van der Waals surface area contributed by atoms with Gasteiger partial charge in [0.2, 0.25) is 0 Å². The summed E-state index contributed by atoms with van der Waals surface area (Å²) in [6.07, 6.45) is -1.22. The van der Waals surface area contributed by atoms with E-state index in [9.17, 15) is 24.5 Å². The Morgan fingerprint density at radius 2 is 1.87 bits per heavy atom. The van der Waals surface area contributed by atoms with E-state index in [1.807, 2.05) is 6.07 Å². The second kappa shape index (κ2) is 9.48. The van der Waals surface area contributed by atoms with E-state index in [4.69, 9.17) is 4.74 Å².